The molecular formula is C32H40N2O5S. The van der Waals surface area contributed by atoms with E-state index in [-0.39, 0.29) is 18.1 Å². The fraction of sp³-hybridized carbons (Fsp3) is 0.531. The van der Waals surface area contributed by atoms with Gasteiger partial charge in [-0.25, -0.2) is 0 Å². The molecule has 1 amide bonds. The Labute approximate surface area is 240 Å². The first-order valence-electron chi connectivity index (χ1n) is 14.3. The lowest BCUT2D eigenvalue weighted by molar-refractivity contribution is -0.149. The van der Waals surface area contributed by atoms with Crippen molar-refractivity contribution < 1.29 is 24.1 Å². The van der Waals surface area contributed by atoms with E-state index in [1.807, 2.05) is 13.8 Å². The molecule has 1 saturated heterocycles. The Morgan fingerprint density at radius 3 is 2.60 bits per heavy atom. The zero-order valence-corrected chi connectivity index (χ0v) is 25.2. The van der Waals surface area contributed by atoms with Gasteiger partial charge >= 0.3 is 0 Å². The highest BCUT2D eigenvalue weighted by atomic mass is 32.1. The van der Waals surface area contributed by atoms with Crippen LogP contribution in [0.5, 0.6) is 5.75 Å². The normalized spacial score (nSPS) is 22.4. The van der Waals surface area contributed by atoms with Gasteiger partial charge in [0.2, 0.25) is 0 Å². The number of amides is 1. The first-order valence-corrected chi connectivity index (χ1v) is 15.2. The van der Waals surface area contributed by atoms with Gasteiger partial charge in [0.25, 0.3) is 5.91 Å². The van der Waals surface area contributed by atoms with Crippen LogP contribution >= 0.6 is 11.3 Å². The topological polar surface area (TPSA) is 73.2 Å². The van der Waals surface area contributed by atoms with E-state index in [2.05, 4.69) is 59.9 Å². The fourth-order valence-corrected chi connectivity index (χ4v) is 7.52. The molecule has 0 saturated carbocycles. The molecule has 214 valence electrons. The van der Waals surface area contributed by atoms with Gasteiger partial charge in [-0.15, -0.1) is 11.3 Å². The van der Waals surface area contributed by atoms with Crippen molar-refractivity contribution in [1.29, 1.82) is 0 Å². The molecule has 2 atom stereocenters. The number of carbonyl (C=O) groups is 1. The van der Waals surface area contributed by atoms with Crippen LogP contribution in [0.15, 0.2) is 29.6 Å². The first kappa shape index (κ1) is 27.5. The maximum Gasteiger partial charge on any atom is 0.271 e. The number of ether oxygens (including phenoxy) is 3. The zero-order valence-electron chi connectivity index (χ0n) is 24.4. The lowest BCUT2D eigenvalue weighted by Crippen LogP contribution is -2.47. The molecule has 1 aromatic carbocycles. The third kappa shape index (κ3) is 4.49. The van der Waals surface area contributed by atoms with Crippen LogP contribution in [0, 0.1) is 0 Å². The number of fused-ring (bicyclic) bond motifs is 5. The van der Waals surface area contributed by atoms with Crippen LogP contribution < -0.4 is 4.74 Å². The van der Waals surface area contributed by atoms with E-state index in [1.165, 1.54) is 16.0 Å². The second-order valence-electron chi connectivity index (χ2n) is 12.5. The van der Waals surface area contributed by atoms with Crippen LogP contribution in [0.25, 0.3) is 21.7 Å². The molecule has 1 N–H and O–H groups in total. The predicted molar refractivity (Wildman–Crippen MR) is 157 cm³/mol. The lowest BCUT2D eigenvalue weighted by Gasteiger charge is -2.37. The molecule has 8 heteroatoms. The van der Waals surface area contributed by atoms with Crippen LogP contribution in [0.1, 0.15) is 80.7 Å². The maximum absolute atomic E-state index is 14.4. The molecule has 0 radical (unpaired) electrons. The standard InChI is InChI=1S/C32H40N2O5S/c1-31(2,3)34-13-8-7-10-20-26(25-11-9-15-40-25)27-21-17-22(29-24(18-35)38-32(4,5)39-29)23(37-6)16-19(21)12-14-33(27)28(20)30(34)36/h9,11,15-17,24,29,35H,7-8,10,12-14,18H2,1-6H3. The van der Waals surface area contributed by atoms with Crippen LogP contribution in [0.3, 0.4) is 0 Å². The summed E-state index contributed by atoms with van der Waals surface area (Å²) in [7, 11) is 1.67. The van der Waals surface area contributed by atoms with Crippen molar-refractivity contribution >= 4 is 17.2 Å². The number of aliphatic hydroxyl groups is 1. The molecule has 0 aliphatic carbocycles. The minimum absolute atomic E-state index is 0.123. The number of aliphatic hydroxyl groups excluding tert-OH is 1. The average molecular weight is 565 g/mol. The predicted octanol–water partition coefficient (Wildman–Crippen LogP) is 6.21. The van der Waals surface area contributed by atoms with E-state index in [4.69, 9.17) is 14.2 Å². The van der Waals surface area contributed by atoms with Crippen molar-refractivity contribution in [2.24, 2.45) is 0 Å². The molecule has 5 heterocycles. The number of nitrogens with zero attached hydrogens (tertiary/aromatic N) is 2. The number of carbonyl (C=O) groups excluding carboxylic acids is 1. The van der Waals surface area contributed by atoms with Crippen molar-refractivity contribution in [1.82, 2.24) is 9.47 Å². The molecule has 1 fully saturated rings. The third-order valence-corrected chi connectivity index (χ3v) is 9.32. The van der Waals surface area contributed by atoms with Crippen LogP contribution in [-0.4, -0.2) is 58.2 Å². The minimum atomic E-state index is -0.820. The summed E-state index contributed by atoms with van der Waals surface area (Å²) < 4.78 is 20.5. The third-order valence-electron chi connectivity index (χ3n) is 8.43. The molecule has 0 bridgehead atoms. The number of rotatable bonds is 4. The molecule has 0 spiro atoms. The van der Waals surface area contributed by atoms with Gasteiger partial charge in [-0.1, -0.05) is 6.07 Å². The van der Waals surface area contributed by atoms with Gasteiger partial charge in [-0.3, -0.25) is 4.79 Å². The summed E-state index contributed by atoms with van der Waals surface area (Å²) in [6, 6.07) is 8.53. The molecular weight excluding hydrogens is 524 g/mol. The molecule has 7 nitrogen and oxygen atoms in total. The summed E-state index contributed by atoms with van der Waals surface area (Å²) >= 11 is 1.72. The SMILES string of the molecule is COc1cc2c(cc1C1OC(C)(C)OC1CO)-c1c(-c3cccs3)c3c(n1CC2)C(=O)N(C(C)(C)C)CCCC3. The number of hydrogen-bond donors (Lipinski definition) is 1. The largest absolute Gasteiger partial charge is 0.496 e. The molecule has 40 heavy (non-hydrogen) atoms. The van der Waals surface area contributed by atoms with E-state index in [9.17, 15) is 9.90 Å². The molecule has 6 rings (SSSR count). The Hall–Kier alpha value is -2.65. The highest BCUT2D eigenvalue weighted by Gasteiger charge is 2.44. The van der Waals surface area contributed by atoms with Gasteiger partial charge < -0.3 is 28.8 Å². The fourth-order valence-electron chi connectivity index (χ4n) is 6.72. The van der Waals surface area contributed by atoms with Gasteiger partial charge in [0.15, 0.2) is 5.79 Å². The van der Waals surface area contributed by atoms with Crippen LogP contribution in [0.2, 0.25) is 0 Å². The summed E-state index contributed by atoms with van der Waals surface area (Å²) in [5, 5.41) is 12.3. The number of aromatic nitrogens is 1. The van der Waals surface area contributed by atoms with Gasteiger partial charge in [0.05, 0.1) is 19.4 Å². The number of aryl methyl sites for hydroxylation is 1. The van der Waals surface area contributed by atoms with Crippen molar-refractivity contribution in [2.45, 2.75) is 90.4 Å². The zero-order chi connectivity index (χ0) is 28.4. The second-order valence-corrected chi connectivity index (χ2v) is 13.5. The van der Waals surface area contributed by atoms with Crippen molar-refractivity contribution in [3.05, 3.63) is 52.0 Å². The summed E-state index contributed by atoms with van der Waals surface area (Å²) in [6.45, 7) is 11.5. The molecule has 3 aliphatic heterocycles. The summed E-state index contributed by atoms with van der Waals surface area (Å²) in [5.41, 5.74) is 7.15. The van der Waals surface area contributed by atoms with Gasteiger partial charge in [-0.2, -0.15) is 0 Å². The van der Waals surface area contributed by atoms with Crippen molar-refractivity contribution in [2.75, 3.05) is 20.3 Å². The van der Waals surface area contributed by atoms with Gasteiger partial charge in [-0.05, 0) is 95.0 Å². The minimum Gasteiger partial charge on any atom is -0.496 e. The number of benzene rings is 1. The van der Waals surface area contributed by atoms with Crippen molar-refractivity contribution in [3.8, 4) is 27.4 Å². The highest BCUT2D eigenvalue weighted by Crippen LogP contribution is 2.49. The Morgan fingerprint density at radius 2 is 1.93 bits per heavy atom. The summed E-state index contributed by atoms with van der Waals surface area (Å²) in [4.78, 5) is 17.6. The Balaban J connectivity index is 1.61. The van der Waals surface area contributed by atoms with Gasteiger partial charge in [0, 0.05) is 40.2 Å². The second kappa shape index (κ2) is 10.0. The molecule has 2 unspecified atom stereocenters. The molecule has 3 aromatic rings. The monoisotopic (exact) mass is 564 g/mol. The summed E-state index contributed by atoms with van der Waals surface area (Å²) in [5.74, 6) is 0.0346. The summed E-state index contributed by atoms with van der Waals surface area (Å²) in [6.07, 6.45) is 2.72. The van der Waals surface area contributed by atoms with E-state index in [1.54, 1.807) is 18.4 Å². The van der Waals surface area contributed by atoms with Crippen LogP contribution in [-0.2, 0) is 28.9 Å². The average Bonchev–Trinajstić information content (AvgIpc) is 3.60. The Morgan fingerprint density at radius 1 is 1.12 bits per heavy atom. The quantitative estimate of drug-likeness (QED) is 0.408. The smallest absolute Gasteiger partial charge is 0.271 e. The van der Waals surface area contributed by atoms with E-state index < -0.39 is 18.0 Å². The number of hydrogen-bond acceptors (Lipinski definition) is 6. The number of thiophene rings is 1. The Bertz CT molecular complexity index is 1430. The van der Waals surface area contributed by atoms with E-state index >= 15 is 0 Å². The first-order chi connectivity index (χ1) is 19.0. The Kier molecular flexibility index (Phi) is 6.89. The molecule has 2 aromatic heterocycles. The number of methoxy groups -OCH3 is 1. The van der Waals surface area contributed by atoms with E-state index in [0.717, 1.165) is 72.6 Å². The van der Waals surface area contributed by atoms with E-state index in [0.29, 0.717) is 0 Å². The van der Waals surface area contributed by atoms with Gasteiger partial charge in [0.1, 0.15) is 23.7 Å². The molecule has 3 aliphatic rings. The maximum atomic E-state index is 14.4. The highest BCUT2D eigenvalue weighted by molar-refractivity contribution is 7.13. The lowest BCUT2D eigenvalue weighted by atomic mass is 9.89. The van der Waals surface area contributed by atoms with Crippen LogP contribution in [0.4, 0.5) is 0 Å². The van der Waals surface area contributed by atoms with Crippen molar-refractivity contribution in [3.63, 3.8) is 0 Å².